The zero-order chi connectivity index (χ0) is 38.1. The lowest BCUT2D eigenvalue weighted by Crippen LogP contribution is -2.52. The van der Waals surface area contributed by atoms with Gasteiger partial charge in [-0.25, -0.2) is 0 Å². The van der Waals surface area contributed by atoms with Gasteiger partial charge in [0.2, 0.25) is 0 Å². The minimum absolute atomic E-state index is 0.0282. The van der Waals surface area contributed by atoms with Gasteiger partial charge in [-0.15, -0.1) is 0 Å². The van der Waals surface area contributed by atoms with E-state index >= 15 is 0 Å². The fourth-order valence-corrected chi connectivity index (χ4v) is 6.63. The van der Waals surface area contributed by atoms with Crippen LogP contribution in [0.1, 0.15) is 58.7 Å². The van der Waals surface area contributed by atoms with Gasteiger partial charge in [-0.2, -0.15) is 5.26 Å². The third-order valence-corrected chi connectivity index (χ3v) is 10.0. The molecule has 11 nitrogen and oxygen atoms in total. The first-order chi connectivity index (χ1) is 25.4. The van der Waals surface area contributed by atoms with Gasteiger partial charge in [0, 0.05) is 55.8 Å². The van der Waals surface area contributed by atoms with E-state index in [-0.39, 0.29) is 25.9 Å². The Labute approximate surface area is 315 Å². The highest BCUT2D eigenvalue weighted by Gasteiger charge is 2.32. The smallest absolute Gasteiger partial charge is 0.326 e. The summed E-state index contributed by atoms with van der Waals surface area (Å²) in [5, 5.41) is 41.7. The molecule has 0 unspecified atom stereocenters. The van der Waals surface area contributed by atoms with Crippen LogP contribution in [-0.4, -0.2) is 75.7 Å². The number of pyridine rings is 1. The first kappa shape index (κ1) is 39.5. The molecule has 4 aromatic rings. The maximum atomic E-state index is 11.8. The molecule has 0 radical (unpaired) electrons. The minimum atomic E-state index is -1.59. The number of carboxylic acid groups (broad SMARTS) is 1. The predicted molar refractivity (Wildman–Crippen MR) is 202 cm³/mol. The molecule has 0 amide bonds. The summed E-state index contributed by atoms with van der Waals surface area (Å²) in [5.41, 5.74) is 6.42. The number of likely N-dealkylation sites (tertiary alicyclic amines) is 1. The van der Waals surface area contributed by atoms with Crippen LogP contribution in [0.25, 0.3) is 11.1 Å². The van der Waals surface area contributed by atoms with Crippen molar-refractivity contribution >= 4 is 17.6 Å². The van der Waals surface area contributed by atoms with E-state index < -0.39 is 18.1 Å². The quantitative estimate of drug-likeness (QED) is 0.0925. The molecule has 1 fully saturated rings. The molecule has 0 spiro atoms. The molecule has 0 aliphatic carbocycles. The number of benzene rings is 3. The van der Waals surface area contributed by atoms with Gasteiger partial charge >= 0.3 is 5.97 Å². The van der Waals surface area contributed by atoms with Gasteiger partial charge < -0.3 is 34.4 Å². The van der Waals surface area contributed by atoms with E-state index in [0.29, 0.717) is 39.8 Å². The molecular formula is C41H47ClN4O7. The molecule has 2 heterocycles. The van der Waals surface area contributed by atoms with Crippen molar-refractivity contribution in [1.29, 1.82) is 5.26 Å². The summed E-state index contributed by atoms with van der Waals surface area (Å²) in [6.45, 7) is 10.5. The Morgan fingerprint density at radius 1 is 1.04 bits per heavy atom. The molecule has 12 heteroatoms. The number of ether oxygens (including phenoxy) is 3. The maximum absolute atomic E-state index is 11.8. The van der Waals surface area contributed by atoms with Gasteiger partial charge in [-0.1, -0.05) is 35.9 Å². The molecule has 3 aromatic carbocycles. The molecule has 1 saturated heterocycles. The highest BCUT2D eigenvalue weighted by molar-refractivity contribution is 6.32. The highest BCUT2D eigenvalue weighted by Crippen LogP contribution is 2.38. The van der Waals surface area contributed by atoms with E-state index in [1.807, 2.05) is 18.2 Å². The van der Waals surface area contributed by atoms with Crippen LogP contribution >= 0.6 is 11.6 Å². The number of aliphatic hydroxyl groups is 2. The number of nitriles is 1. The SMILES string of the molecule is Cc1ccc(OCCCN2CC[C@@H](O)C2)c(C)c1-c1cccc(COc2cc(OCc3cncc(C#N)c3)c(CN[C@](C)(CO)C(=O)O)cc2Cl)c1C. The molecule has 5 rings (SSSR count). The monoisotopic (exact) mass is 742 g/mol. The van der Waals surface area contributed by atoms with E-state index in [9.17, 15) is 25.4 Å². The second kappa shape index (κ2) is 17.9. The number of carboxylic acids is 1. The number of carbonyl (C=O) groups is 1. The normalized spacial score (nSPS) is 15.5. The van der Waals surface area contributed by atoms with Crippen LogP contribution in [0.2, 0.25) is 5.02 Å². The summed E-state index contributed by atoms with van der Waals surface area (Å²) in [5.74, 6) is 0.398. The van der Waals surface area contributed by atoms with Crippen LogP contribution < -0.4 is 19.5 Å². The van der Waals surface area contributed by atoms with Gasteiger partial charge in [-0.05, 0) is 92.1 Å². The lowest BCUT2D eigenvalue weighted by molar-refractivity contribution is -0.145. The molecule has 280 valence electrons. The fraction of sp³-hybridized carbons (Fsp3) is 0.390. The summed E-state index contributed by atoms with van der Waals surface area (Å²) >= 11 is 6.74. The van der Waals surface area contributed by atoms with E-state index in [1.165, 1.54) is 13.1 Å². The van der Waals surface area contributed by atoms with Crippen LogP contribution in [0.3, 0.4) is 0 Å². The number of nitrogens with one attached hydrogen (secondary N) is 1. The third kappa shape index (κ3) is 9.84. The standard InChI is InChI=1S/C41H47ClN4O7/c1-26-9-10-36(51-14-6-12-46-13-11-33(48)22-46)28(3)39(26)34-8-5-7-31(27(34)2)24-53-38-17-37(52-23-30-15-29(18-43)19-44-20-30)32(16-35(38)42)21-45-41(4,25-47)40(49)50/h5,7-10,15-17,19-20,33,45,47-48H,6,11-14,21-25H2,1-4H3,(H,49,50)/t33-,41-/m1/s1. The molecule has 1 aromatic heterocycles. The number of aliphatic carboxylic acids is 1. The van der Waals surface area contributed by atoms with Gasteiger partial charge in [-0.3, -0.25) is 15.1 Å². The number of hydrogen-bond donors (Lipinski definition) is 4. The first-order valence-electron chi connectivity index (χ1n) is 17.7. The number of aromatic nitrogens is 1. The Hall–Kier alpha value is -4.70. The van der Waals surface area contributed by atoms with Gasteiger partial charge in [0.1, 0.15) is 42.1 Å². The van der Waals surface area contributed by atoms with Crippen LogP contribution in [0.15, 0.2) is 60.9 Å². The van der Waals surface area contributed by atoms with Crippen LogP contribution in [0, 0.1) is 32.1 Å². The van der Waals surface area contributed by atoms with Crippen molar-refractivity contribution < 1.29 is 34.3 Å². The lowest BCUT2D eigenvalue weighted by atomic mass is 9.90. The zero-order valence-corrected chi connectivity index (χ0v) is 31.4. The molecule has 0 bridgehead atoms. The van der Waals surface area contributed by atoms with Crippen molar-refractivity contribution in [3.63, 3.8) is 0 Å². The molecule has 0 saturated carbocycles. The summed E-state index contributed by atoms with van der Waals surface area (Å²) in [6, 6.07) is 17.3. The number of hydrogen-bond acceptors (Lipinski definition) is 10. The van der Waals surface area contributed by atoms with Crippen LogP contribution in [0.5, 0.6) is 17.2 Å². The average molecular weight is 743 g/mol. The summed E-state index contributed by atoms with van der Waals surface area (Å²) < 4.78 is 18.7. The molecule has 2 atom stereocenters. The van der Waals surface area contributed by atoms with E-state index in [4.69, 9.17) is 25.8 Å². The van der Waals surface area contributed by atoms with E-state index in [2.05, 4.69) is 54.2 Å². The Bertz CT molecular complexity index is 1970. The van der Waals surface area contributed by atoms with Crippen molar-refractivity contribution in [2.45, 2.75) is 71.9 Å². The summed E-state index contributed by atoms with van der Waals surface area (Å²) in [4.78, 5) is 18.2. The lowest BCUT2D eigenvalue weighted by Gasteiger charge is -2.25. The first-order valence-corrected chi connectivity index (χ1v) is 18.0. The second-order valence-corrected chi connectivity index (χ2v) is 14.1. The highest BCUT2D eigenvalue weighted by atomic mass is 35.5. The maximum Gasteiger partial charge on any atom is 0.326 e. The summed E-state index contributed by atoms with van der Waals surface area (Å²) in [6.07, 6.45) is 4.55. The van der Waals surface area contributed by atoms with E-state index in [1.54, 1.807) is 24.4 Å². The van der Waals surface area contributed by atoms with Crippen molar-refractivity contribution in [3.05, 3.63) is 105 Å². The Morgan fingerprint density at radius 3 is 2.55 bits per heavy atom. The van der Waals surface area contributed by atoms with Crippen LogP contribution in [-0.2, 0) is 24.6 Å². The number of halogens is 1. The minimum Gasteiger partial charge on any atom is -0.493 e. The zero-order valence-electron chi connectivity index (χ0n) is 30.6. The Balaban J connectivity index is 1.34. The van der Waals surface area contributed by atoms with Crippen molar-refractivity contribution in [1.82, 2.24) is 15.2 Å². The topological polar surface area (TPSA) is 157 Å². The number of β-amino-alcohol motifs (C(OH)–C–C–N with tert-alkyl or cyclic N) is 1. The van der Waals surface area contributed by atoms with Gasteiger partial charge in [0.15, 0.2) is 0 Å². The molecular weight excluding hydrogens is 696 g/mol. The summed E-state index contributed by atoms with van der Waals surface area (Å²) in [7, 11) is 0. The van der Waals surface area contributed by atoms with Gasteiger partial charge in [0.05, 0.1) is 29.9 Å². The number of rotatable bonds is 17. The number of aryl methyl sites for hydroxylation is 1. The number of nitrogens with zero attached hydrogens (tertiary/aromatic N) is 3. The molecule has 4 N–H and O–H groups in total. The van der Waals surface area contributed by atoms with Crippen molar-refractivity contribution in [3.8, 4) is 34.4 Å². The predicted octanol–water partition coefficient (Wildman–Crippen LogP) is 6.12. The van der Waals surface area contributed by atoms with E-state index in [0.717, 1.165) is 71.6 Å². The van der Waals surface area contributed by atoms with Crippen molar-refractivity contribution in [2.75, 3.05) is 32.8 Å². The van der Waals surface area contributed by atoms with Crippen LogP contribution in [0.4, 0.5) is 0 Å². The molecule has 1 aliphatic heterocycles. The van der Waals surface area contributed by atoms with Gasteiger partial charge in [0.25, 0.3) is 0 Å². The number of aliphatic hydroxyl groups excluding tert-OH is 2. The van der Waals surface area contributed by atoms with Crippen molar-refractivity contribution in [2.24, 2.45) is 0 Å². The fourth-order valence-electron chi connectivity index (χ4n) is 6.39. The second-order valence-electron chi connectivity index (χ2n) is 13.7. The Morgan fingerprint density at radius 2 is 1.83 bits per heavy atom. The molecule has 53 heavy (non-hydrogen) atoms. The average Bonchev–Trinajstić information content (AvgIpc) is 3.57. The largest absolute Gasteiger partial charge is 0.493 e. The Kier molecular flexibility index (Phi) is 13.3. The third-order valence-electron chi connectivity index (χ3n) is 9.74. The molecule has 1 aliphatic rings.